The SMILES string of the molecule is CCN1C(=O)c2cc(-c3ccccc3)cc(/C=N/N(C)C)c2C1=O. The minimum absolute atomic E-state index is 0.241. The lowest BCUT2D eigenvalue weighted by Crippen LogP contribution is -2.29. The Morgan fingerprint density at radius 3 is 2.38 bits per heavy atom. The highest BCUT2D eigenvalue weighted by Gasteiger charge is 2.36. The second-order valence-corrected chi connectivity index (χ2v) is 5.80. The topological polar surface area (TPSA) is 53.0 Å². The summed E-state index contributed by atoms with van der Waals surface area (Å²) in [6, 6.07) is 13.5. The molecule has 0 spiro atoms. The molecule has 1 aliphatic rings. The fourth-order valence-electron chi connectivity index (χ4n) is 2.81. The van der Waals surface area contributed by atoms with Crippen LogP contribution in [-0.4, -0.2) is 48.6 Å². The third-order valence-corrected chi connectivity index (χ3v) is 3.95. The zero-order valence-corrected chi connectivity index (χ0v) is 14.0. The van der Waals surface area contributed by atoms with E-state index in [9.17, 15) is 9.59 Å². The molecule has 1 heterocycles. The Hall–Kier alpha value is -2.95. The van der Waals surface area contributed by atoms with Crippen LogP contribution in [0.3, 0.4) is 0 Å². The molecule has 0 aliphatic carbocycles. The van der Waals surface area contributed by atoms with E-state index in [0.717, 1.165) is 11.1 Å². The molecule has 2 amide bonds. The van der Waals surface area contributed by atoms with Crippen molar-refractivity contribution in [2.24, 2.45) is 5.10 Å². The van der Waals surface area contributed by atoms with Gasteiger partial charge in [-0.25, -0.2) is 0 Å². The van der Waals surface area contributed by atoms with Gasteiger partial charge >= 0.3 is 0 Å². The van der Waals surface area contributed by atoms with E-state index < -0.39 is 0 Å². The van der Waals surface area contributed by atoms with E-state index in [1.54, 1.807) is 24.2 Å². The summed E-state index contributed by atoms with van der Waals surface area (Å²) in [5.74, 6) is -0.493. The van der Waals surface area contributed by atoms with Crippen molar-refractivity contribution in [2.45, 2.75) is 6.92 Å². The Balaban J connectivity index is 2.21. The molecule has 122 valence electrons. The Morgan fingerprint density at radius 2 is 1.75 bits per heavy atom. The number of nitrogens with zero attached hydrogens (tertiary/aromatic N) is 3. The molecule has 0 saturated carbocycles. The first kappa shape index (κ1) is 15.9. The van der Waals surface area contributed by atoms with Crippen molar-refractivity contribution in [3.05, 3.63) is 59.2 Å². The van der Waals surface area contributed by atoms with Crippen molar-refractivity contribution in [2.75, 3.05) is 20.6 Å². The number of carbonyl (C=O) groups excluding carboxylic acids is 2. The first-order chi connectivity index (χ1) is 11.5. The minimum Gasteiger partial charge on any atom is -0.303 e. The number of hydrogen-bond acceptors (Lipinski definition) is 4. The lowest BCUT2D eigenvalue weighted by atomic mass is 9.96. The first-order valence-corrected chi connectivity index (χ1v) is 7.84. The smallest absolute Gasteiger partial charge is 0.262 e. The molecule has 1 aliphatic heterocycles. The van der Waals surface area contributed by atoms with E-state index in [1.807, 2.05) is 50.5 Å². The summed E-state index contributed by atoms with van der Waals surface area (Å²) in [7, 11) is 3.62. The van der Waals surface area contributed by atoms with Crippen molar-refractivity contribution in [3.8, 4) is 11.1 Å². The summed E-state index contributed by atoms with van der Waals surface area (Å²) in [6.45, 7) is 2.16. The van der Waals surface area contributed by atoms with E-state index in [2.05, 4.69) is 5.10 Å². The zero-order valence-electron chi connectivity index (χ0n) is 14.0. The van der Waals surface area contributed by atoms with Crippen LogP contribution in [-0.2, 0) is 0 Å². The zero-order chi connectivity index (χ0) is 17.3. The molecule has 5 nitrogen and oxygen atoms in total. The average molecular weight is 321 g/mol. The standard InChI is InChI=1S/C19H19N3O2/c1-4-22-18(23)16-11-14(13-8-6-5-7-9-13)10-15(12-20-21(2)3)17(16)19(22)24/h5-12H,4H2,1-3H3/b20-12+. The number of hydrogen-bond donors (Lipinski definition) is 0. The van der Waals surface area contributed by atoms with Gasteiger partial charge < -0.3 is 5.01 Å². The van der Waals surface area contributed by atoms with Crippen molar-refractivity contribution in [3.63, 3.8) is 0 Å². The third-order valence-electron chi connectivity index (χ3n) is 3.95. The Labute approximate surface area is 141 Å². The summed E-state index contributed by atoms with van der Waals surface area (Å²) in [6.07, 6.45) is 1.63. The maximum absolute atomic E-state index is 12.6. The number of amides is 2. The molecule has 3 rings (SSSR count). The number of fused-ring (bicyclic) bond motifs is 1. The van der Waals surface area contributed by atoms with E-state index in [0.29, 0.717) is 23.2 Å². The molecular formula is C19H19N3O2. The number of rotatable bonds is 4. The van der Waals surface area contributed by atoms with Crippen LogP contribution in [0.15, 0.2) is 47.6 Å². The minimum atomic E-state index is -0.252. The van der Waals surface area contributed by atoms with Gasteiger partial charge in [0.05, 0.1) is 17.3 Å². The normalized spacial score (nSPS) is 13.7. The van der Waals surface area contributed by atoms with Crippen LogP contribution in [0.4, 0.5) is 0 Å². The summed E-state index contributed by atoms with van der Waals surface area (Å²) >= 11 is 0. The molecule has 5 heteroatoms. The maximum Gasteiger partial charge on any atom is 0.262 e. The monoisotopic (exact) mass is 321 g/mol. The lowest BCUT2D eigenvalue weighted by molar-refractivity contribution is 0.0663. The van der Waals surface area contributed by atoms with E-state index >= 15 is 0 Å². The highest BCUT2D eigenvalue weighted by atomic mass is 16.2. The van der Waals surface area contributed by atoms with Crippen LogP contribution in [0.1, 0.15) is 33.2 Å². The molecular weight excluding hydrogens is 302 g/mol. The van der Waals surface area contributed by atoms with E-state index in [4.69, 9.17) is 0 Å². The maximum atomic E-state index is 12.6. The molecule has 0 atom stereocenters. The molecule has 0 radical (unpaired) electrons. The van der Waals surface area contributed by atoms with Gasteiger partial charge in [0.1, 0.15) is 0 Å². The largest absolute Gasteiger partial charge is 0.303 e. The fourth-order valence-corrected chi connectivity index (χ4v) is 2.81. The van der Waals surface area contributed by atoms with Gasteiger partial charge in [-0.1, -0.05) is 30.3 Å². The van der Waals surface area contributed by atoms with Gasteiger partial charge in [-0.05, 0) is 30.2 Å². The number of benzene rings is 2. The predicted octanol–water partition coefficient (Wildman–Crippen LogP) is 2.87. The van der Waals surface area contributed by atoms with E-state index in [1.165, 1.54) is 4.90 Å². The van der Waals surface area contributed by atoms with Gasteiger partial charge in [0.15, 0.2) is 0 Å². The van der Waals surface area contributed by atoms with Crippen LogP contribution in [0.2, 0.25) is 0 Å². The van der Waals surface area contributed by atoms with Crippen molar-refractivity contribution in [1.82, 2.24) is 9.91 Å². The lowest BCUT2D eigenvalue weighted by Gasteiger charge is -2.09. The Bertz CT molecular complexity index is 826. The predicted molar refractivity (Wildman–Crippen MR) is 94.2 cm³/mol. The summed E-state index contributed by atoms with van der Waals surface area (Å²) in [5, 5.41) is 5.90. The Morgan fingerprint density at radius 1 is 1.04 bits per heavy atom. The van der Waals surface area contributed by atoms with Crippen molar-refractivity contribution >= 4 is 18.0 Å². The highest BCUT2D eigenvalue weighted by molar-refractivity contribution is 6.24. The van der Waals surface area contributed by atoms with E-state index in [-0.39, 0.29) is 11.8 Å². The second kappa shape index (κ2) is 6.28. The van der Waals surface area contributed by atoms with Gasteiger partial charge in [0, 0.05) is 26.2 Å². The van der Waals surface area contributed by atoms with Crippen LogP contribution in [0.25, 0.3) is 11.1 Å². The molecule has 0 N–H and O–H groups in total. The number of imide groups is 1. The second-order valence-electron chi connectivity index (χ2n) is 5.80. The molecule has 2 aromatic carbocycles. The molecule has 24 heavy (non-hydrogen) atoms. The number of hydrazone groups is 1. The van der Waals surface area contributed by atoms with Gasteiger partial charge in [0.25, 0.3) is 11.8 Å². The highest BCUT2D eigenvalue weighted by Crippen LogP contribution is 2.31. The summed E-state index contributed by atoms with van der Waals surface area (Å²) < 4.78 is 0. The van der Waals surface area contributed by atoms with Crippen LogP contribution >= 0.6 is 0 Å². The van der Waals surface area contributed by atoms with Gasteiger partial charge in [-0.3, -0.25) is 14.5 Å². The molecule has 0 saturated heterocycles. The van der Waals surface area contributed by atoms with Crippen LogP contribution in [0.5, 0.6) is 0 Å². The molecule has 0 bridgehead atoms. The summed E-state index contributed by atoms with van der Waals surface area (Å²) in [5.41, 5.74) is 3.44. The van der Waals surface area contributed by atoms with Gasteiger partial charge in [-0.2, -0.15) is 5.10 Å². The van der Waals surface area contributed by atoms with Crippen molar-refractivity contribution in [1.29, 1.82) is 0 Å². The van der Waals surface area contributed by atoms with Crippen LogP contribution < -0.4 is 0 Å². The molecule has 2 aromatic rings. The average Bonchev–Trinajstić information content (AvgIpc) is 2.84. The molecule has 0 fully saturated rings. The summed E-state index contributed by atoms with van der Waals surface area (Å²) in [4.78, 5) is 26.4. The van der Waals surface area contributed by atoms with Crippen LogP contribution in [0, 0.1) is 0 Å². The third kappa shape index (κ3) is 2.69. The van der Waals surface area contributed by atoms with Gasteiger partial charge in [-0.15, -0.1) is 0 Å². The Kier molecular flexibility index (Phi) is 4.16. The molecule has 0 unspecified atom stereocenters. The molecule has 0 aromatic heterocycles. The first-order valence-electron chi connectivity index (χ1n) is 7.84. The van der Waals surface area contributed by atoms with Gasteiger partial charge in [0.2, 0.25) is 0 Å². The number of carbonyl (C=O) groups is 2. The fraction of sp³-hybridized carbons (Fsp3) is 0.211. The van der Waals surface area contributed by atoms with Crippen molar-refractivity contribution < 1.29 is 9.59 Å². The quantitative estimate of drug-likeness (QED) is 0.494.